The Bertz CT molecular complexity index is 498. The van der Waals surface area contributed by atoms with Gasteiger partial charge in [-0.05, 0) is 24.3 Å². The zero-order valence-electron chi connectivity index (χ0n) is 11.6. The molecule has 4 heteroatoms. The van der Waals surface area contributed by atoms with Gasteiger partial charge in [0.25, 0.3) is 5.91 Å². The van der Waals surface area contributed by atoms with Crippen molar-refractivity contribution in [1.82, 2.24) is 5.43 Å². The Morgan fingerprint density at radius 3 is 2.58 bits per heavy atom. The maximum Gasteiger partial charge on any atom is 0.254 e. The summed E-state index contributed by atoms with van der Waals surface area (Å²) < 4.78 is 0. The number of carbonyl (C=O) groups is 1. The molecule has 19 heavy (non-hydrogen) atoms. The topological polar surface area (TPSA) is 65.2 Å². The summed E-state index contributed by atoms with van der Waals surface area (Å²) in [6, 6.07) is 12.0. The summed E-state index contributed by atoms with van der Waals surface area (Å²) in [5, 5.41) is 12.4. The Kier molecular flexibility index (Phi) is 5.25. The van der Waals surface area contributed by atoms with Crippen molar-refractivity contribution in [2.24, 2.45) is 5.10 Å². The van der Waals surface area contributed by atoms with Crippen LogP contribution in [0.3, 0.4) is 0 Å². The number of rotatable bonds is 5. The SMILES string of the molecule is C/C(CC(C)(C)c1ccccc1)=N\NC(=O)CC#N. The quantitative estimate of drug-likeness (QED) is 0.651. The third kappa shape index (κ3) is 4.92. The van der Waals surface area contributed by atoms with Crippen LogP contribution in [0.25, 0.3) is 0 Å². The Morgan fingerprint density at radius 1 is 1.37 bits per heavy atom. The number of benzene rings is 1. The van der Waals surface area contributed by atoms with Crippen molar-refractivity contribution in [3.63, 3.8) is 0 Å². The van der Waals surface area contributed by atoms with Gasteiger partial charge in [-0.2, -0.15) is 10.4 Å². The lowest BCUT2D eigenvalue weighted by Crippen LogP contribution is -2.23. The molecule has 1 aromatic rings. The highest BCUT2D eigenvalue weighted by molar-refractivity contribution is 5.85. The van der Waals surface area contributed by atoms with Crippen LogP contribution in [0.4, 0.5) is 0 Å². The predicted octanol–water partition coefficient (Wildman–Crippen LogP) is 2.76. The van der Waals surface area contributed by atoms with E-state index in [1.807, 2.05) is 25.1 Å². The summed E-state index contributed by atoms with van der Waals surface area (Å²) in [5.41, 5.74) is 4.40. The van der Waals surface area contributed by atoms with Gasteiger partial charge >= 0.3 is 0 Å². The van der Waals surface area contributed by atoms with E-state index in [1.165, 1.54) is 5.56 Å². The molecule has 4 nitrogen and oxygen atoms in total. The van der Waals surface area contributed by atoms with Crippen LogP contribution in [0.15, 0.2) is 35.4 Å². The van der Waals surface area contributed by atoms with Gasteiger partial charge in [0.05, 0.1) is 6.07 Å². The first-order valence-corrected chi connectivity index (χ1v) is 6.20. The Balaban J connectivity index is 2.66. The van der Waals surface area contributed by atoms with Crippen molar-refractivity contribution in [1.29, 1.82) is 5.26 Å². The maximum atomic E-state index is 11.1. The van der Waals surface area contributed by atoms with E-state index in [4.69, 9.17) is 5.26 Å². The van der Waals surface area contributed by atoms with Gasteiger partial charge in [0.15, 0.2) is 0 Å². The second kappa shape index (κ2) is 6.69. The van der Waals surface area contributed by atoms with E-state index in [1.54, 1.807) is 6.07 Å². The molecule has 1 N–H and O–H groups in total. The van der Waals surface area contributed by atoms with Crippen molar-refractivity contribution in [3.8, 4) is 6.07 Å². The van der Waals surface area contributed by atoms with Gasteiger partial charge in [0.2, 0.25) is 0 Å². The number of hydrogen-bond donors (Lipinski definition) is 1. The van der Waals surface area contributed by atoms with Gasteiger partial charge in [-0.3, -0.25) is 4.79 Å². The fourth-order valence-corrected chi connectivity index (χ4v) is 1.94. The Hall–Kier alpha value is -2.15. The molecule has 0 aromatic heterocycles. The minimum absolute atomic E-state index is 0.0468. The summed E-state index contributed by atoms with van der Waals surface area (Å²) in [5.74, 6) is -0.376. The van der Waals surface area contributed by atoms with E-state index in [2.05, 4.69) is 36.5 Å². The van der Waals surface area contributed by atoms with Crippen molar-refractivity contribution < 1.29 is 4.79 Å². The molecular weight excluding hydrogens is 238 g/mol. The molecule has 0 unspecified atom stereocenters. The van der Waals surface area contributed by atoms with E-state index in [0.717, 1.165) is 12.1 Å². The number of amides is 1. The van der Waals surface area contributed by atoms with E-state index in [0.29, 0.717) is 0 Å². The van der Waals surface area contributed by atoms with Crippen molar-refractivity contribution in [2.45, 2.75) is 39.0 Å². The van der Waals surface area contributed by atoms with Gasteiger partial charge in [-0.25, -0.2) is 5.43 Å². The molecule has 1 aromatic carbocycles. The zero-order chi connectivity index (χ0) is 14.3. The van der Waals surface area contributed by atoms with Crippen LogP contribution in [-0.2, 0) is 10.2 Å². The van der Waals surface area contributed by atoms with Crippen LogP contribution in [0.5, 0.6) is 0 Å². The number of nitrogens with zero attached hydrogens (tertiary/aromatic N) is 2. The summed E-state index contributed by atoms with van der Waals surface area (Å²) in [6.07, 6.45) is 0.572. The molecule has 1 rings (SSSR count). The third-order valence-corrected chi connectivity index (χ3v) is 2.86. The number of carbonyl (C=O) groups excluding carboxylic acids is 1. The van der Waals surface area contributed by atoms with Crippen LogP contribution < -0.4 is 5.43 Å². The van der Waals surface area contributed by atoms with E-state index < -0.39 is 0 Å². The van der Waals surface area contributed by atoms with Gasteiger partial charge < -0.3 is 0 Å². The molecule has 0 spiro atoms. The molecular formula is C15H19N3O. The van der Waals surface area contributed by atoms with Gasteiger partial charge in [0, 0.05) is 5.71 Å². The van der Waals surface area contributed by atoms with Gasteiger partial charge in [-0.1, -0.05) is 44.2 Å². The monoisotopic (exact) mass is 257 g/mol. The van der Waals surface area contributed by atoms with Crippen LogP contribution in [-0.4, -0.2) is 11.6 Å². The second-order valence-corrected chi connectivity index (χ2v) is 5.14. The minimum Gasteiger partial charge on any atom is -0.272 e. The minimum atomic E-state index is -0.376. The van der Waals surface area contributed by atoms with Crippen LogP contribution in [0, 0.1) is 11.3 Å². The first kappa shape index (κ1) is 14.9. The normalized spacial score (nSPS) is 11.8. The fraction of sp³-hybridized carbons (Fsp3) is 0.400. The number of nitriles is 1. The molecule has 0 saturated heterocycles. The van der Waals surface area contributed by atoms with Crippen molar-refractivity contribution >= 4 is 11.6 Å². The van der Waals surface area contributed by atoms with Crippen LogP contribution in [0.1, 0.15) is 39.2 Å². The number of hydrogen-bond acceptors (Lipinski definition) is 3. The molecule has 0 heterocycles. The average Bonchev–Trinajstić information content (AvgIpc) is 2.37. The molecule has 0 aliphatic carbocycles. The lowest BCUT2D eigenvalue weighted by Gasteiger charge is -2.25. The maximum absolute atomic E-state index is 11.1. The smallest absolute Gasteiger partial charge is 0.254 e. The summed E-state index contributed by atoms with van der Waals surface area (Å²) in [7, 11) is 0. The summed E-state index contributed by atoms with van der Waals surface area (Å²) in [6.45, 7) is 6.15. The number of hydrazone groups is 1. The molecule has 100 valence electrons. The first-order chi connectivity index (χ1) is 8.95. The fourth-order valence-electron chi connectivity index (χ4n) is 1.94. The van der Waals surface area contributed by atoms with Crippen molar-refractivity contribution in [2.75, 3.05) is 0 Å². The molecule has 0 aliphatic heterocycles. The second-order valence-electron chi connectivity index (χ2n) is 5.14. The molecule has 0 atom stereocenters. The average molecular weight is 257 g/mol. The third-order valence-electron chi connectivity index (χ3n) is 2.86. The molecule has 0 fully saturated rings. The highest BCUT2D eigenvalue weighted by atomic mass is 16.2. The first-order valence-electron chi connectivity index (χ1n) is 6.20. The van der Waals surface area contributed by atoms with Crippen LogP contribution in [0.2, 0.25) is 0 Å². The molecule has 1 amide bonds. The summed E-state index contributed by atoms with van der Waals surface area (Å²) >= 11 is 0. The van der Waals surface area contributed by atoms with E-state index in [9.17, 15) is 4.79 Å². The number of nitrogens with one attached hydrogen (secondary N) is 1. The Labute approximate surface area is 114 Å². The van der Waals surface area contributed by atoms with Gasteiger partial charge in [0.1, 0.15) is 6.42 Å². The lowest BCUT2D eigenvalue weighted by atomic mass is 9.80. The highest BCUT2D eigenvalue weighted by Crippen LogP contribution is 2.27. The standard InChI is InChI=1S/C15H19N3O/c1-12(17-18-14(19)9-10-16)11-15(2,3)13-7-5-4-6-8-13/h4-8H,9,11H2,1-3H3,(H,18,19)/b17-12+. The van der Waals surface area contributed by atoms with Gasteiger partial charge in [-0.15, -0.1) is 0 Å². The van der Waals surface area contributed by atoms with E-state index in [-0.39, 0.29) is 17.7 Å². The highest BCUT2D eigenvalue weighted by Gasteiger charge is 2.21. The zero-order valence-corrected chi connectivity index (χ0v) is 11.6. The predicted molar refractivity (Wildman–Crippen MR) is 75.6 cm³/mol. The molecule has 0 saturated carbocycles. The van der Waals surface area contributed by atoms with E-state index >= 15 is 0 Å². The largest absolute Gasteiger partial charge is 0.272 e. The molecule has 0 aliphatic rings. The Morgan fingerprint density at radius 2 is 2.00 bits per heavy atom. The molecule has 0 bridgehead atoms. The van der Waals surface area contributed by atoms with Crippen molar-refractivity contribution in [3.05, 3.63) is 35.9 Å². The lowest BCUT2D eigenvalue weighted by molar-refractivity contribution is -0.120. The van der Waals surface area contributed by atoms with Crippen LogP contribution >= 0.6 is 0 Å². The summed E-state index contributed by atoms with van der Waals surface area (Å²) in [4.78, 5) is 11.1. The molecule has 0 radical (unpaired) electrons.